The van der Waals surface area contributed by atoms with Gasteiger partial charge in [-0.15, -0.1) is 0 Å². The molecule has 0 aromatic heterocycles. The molecule has 3 amide bonds. The van der Waals surface area contributed by atoms with Crippen molar-refractivity contribution in [1.29, 1.82) is 0 Å². The van der Waals surface area contributed by atoms with Gasteiger partial charge in [-0.3, -0.25) is 33.7 Å². The smallest absolute Gasteiger partial charge is 0.303 e. The number of esters is 3. The Hall–Kier alpha value is -5.92. The van der Waals surface area contributed by atoms with Gasteiger partial charge in [-0.1, -0.05) is 62.2 Å². The fourth-order valence-corrected chi connectivity index (χ4v) is 8.25. The minimum Gasteiger partial charge on any atom is -0.497 e. The first kappa shape index (κ1) is 46.1. The van der Waals surface area contributed by atoms with Crippen LogP contribution in [0.4, 0.5) is 0 Å². The molecular weight excluding hydrogens is 837 g/mol. The molecule has 18 nitrogen and oxygen atoms in total. The molecule has 342 valence electrons. The fraction of sp³-hybridized carbons (Fsp3) is 0.478. The van der Waals surface area contributed by atoms with Gasteiger partial charge < -0.3 is 52.7 Å². The maximum Gasteiger partial charge on any atom is 0.303 e. The van der Waals surface area contributed by atoms with E-state index in [4.69, 9.17) is 47.4 Å². The molecule has 0 radical (unpaired) electrons. The van der Waals surface area contributed by atoms with E-state index in [2.05, 4.69) is 5.32 Å². The Morgan fingerprint density at radius 3 is 2.00 bits per heavy atom. The summed E-state index contributed by atoms with van der Waals surface area (Å²) in [6.07, 6.45) is -9.54. The summed E-state index contributed by atoms with van der Waals surface area (Å²) < 4.78 is 61.8. The summed E-state index contributed by atoms with van der Waals surface area (Å²) in [4.78, 5) is 81.5. The summed E-state index contributed by atoms with van der Waals surface area (Å²) in [5.74, 6) is -3.45. The van der Waals surface area contributed by atoms with E-state index < -0.39 is 104 Å². The zero-order valence-electron chi connectivity index (χ0n) is 36.1. The summed E-state index contributed by atoms with van der Waals surface area (Å²) >= 11 is 0. The molecule has 3 saturated heterocycles. The maximum atomic E-state index is 14.4. The van der Waals surface area contributed by atoms with Crippen LogP contribution in [0.2, 0.25) is 0 Å². The van der Waals surface area contributed by atoms with E-state index in [-0.39, 0.29) is 30.1 Å². The molecule has 3 aromatic carbocycles. The van der Waals surface area contributed by atoms with Crippen molar-refractivity contribution < 1.29 is 76.1 Å². The maximum absolute atomic E-state index is 14.4. The fourth-order valence-electron chi connectivity index (χ4n) is 8.25. The van der Waals surface area contributed by atoms with E-state index in [1.165, 1.54) is 19.2 Å². The Balaban J connectivity index is 1.36. The molecule has 11 atom stereocenters. The second-order valence-corrected chi connectivity index (χ2v) is 15.7. The zero-order chi connectivity index (χ0) is 45.5. The minimum absolute atomic E-state index is 0.0449. The van der Waals surface area contributed by atoms with Crippen molar-refractivity contribution in [2.24, 2.45) is 0 Å². The highest BCUT2D eigenvalue weighted by Gasteiger charge is 2.60. The highest BCUT2D eigenvalue weighted by molar-refractivity contribution is 6.21. The molecule has 1 N–H and O–H groups in total. The van der Waals surface area contributed by atoms with E-state index in [1.54, 1.807) is 36.4 Å². The number of carbonyl (C=O) groups is 6. The van der Waals surface area contributed by atoms with Crippen LogP contribution in [0, 0.1) is 0 Å². The molecule has 0 spiro atoms. The third-order valence-electron chi connectivity index (χ3n) is 11.1. The van der Waals surface area contributed by atoms with Crippen molar-refractivity contribution in [3.05, 3.63) is 95.6 Å². The molecule has 4 aliphatic heterocycles. The average molecular weight is 889 g/mol. The van der Waals surface area contributed by atoms with E-state index >= 15 is 0 Å². The number of unbranched alkanes of at least 4 members (excludes halogenated alkanes) is 2. The van der Waals surface area contributed by atoms with Crippen molar-refractivity contribution in [2.75, 3.05) is 20.3 Å². The summed E-state index contributed by atoms with van der Waals surface area (Å²) in [6, 6.07) is 19.0. The topological polar surface area (TPSA) is 210 Å². The van der Waals surface area contributed by atoms with Crippen LogP contribution in [0.1, 0.15) is 85.9 Å². The van der Waals surface area contributed by atoms with Gasteiger partial charge in [0.2, 0.25) is 12.2 Å². The SMILES string of the molecule is CCCCCC(=O)N[C@H]1[C@H](Oc2ccc(OC)cc2)O[C@@H]2CO[C@@H](c3ccccc3)O[C@H]2[C@@H]1O[C@@H]1O[C@H](COC(C)=O)[C@@H](OC(C)=O)[C@H](OC(C)=O)[C@H]1N1C(=O)c2ccccc2C1=O. The average Bonchev–Trinajstić information content (AvgIpc) is 3.53. The molecule has 3 fully saturated rings. The van der Waals surface area contributed by atoms with Crippen LogP contribution in [0.15, 0.2) is 78.9 Å². The molecule has 18 heteroatoms. The lowest BCUT2D eigenvalue weighted by Gasteiger charge is -2.52. The number of hydrogen-bond acceptors (Lipinski definition) is 16. The lowest BCUT2D eigenvalue weighted by atomic mass is 9.92. The lowest BCUT2D eigenvalue weighted by molar-refractivity contribution is -0.366. The summed E-state index contributed by atoms with van der Waals surface area (Å²) in [7, 11) is 1.53. The number of imide groups is 1. The van der Waals surface area contributed by atoms with Crippen LogP contribution in [0.5, 0.6) is 11.5 Å². The Labute approximate surface area is 369 Å². The number of hydrogen-bond donors (Lipinski definition) is 1. The van der Waals surface area contributed by atoms with Crippen LogP contribution < -0.4 is 14.8 Å². The summed E-state index contributed by atoms with van der Waals surface area (Å²) in [5.41, 5.74) is 0.761. The van der Waals surface area contributed by atoms with Crippen molar-refractivity contribution in [3.8, 4) is 11.5 Å². The second kappa shape index (κ2) is 20.7. The summed E-state index contributed by atoms with van der Waals surface area (Å²) in [6.45, 7) is 4.80. The molecule has 0 saturated carbocycles. The van der Waals surface area contributed by atoms with E-state index in [1.807, 2.05) is 37.3 Å². The van der Waals surface area contributed by atoms with Crippen molar-refractivity contribution in [1.82, 2.24) is 10.2 Å². The van der Waals surface area contributed by atoms with Crippen molar-refractivity contribution in [3.63, 3.8) is 0 Å². The van der Waals surface area contributed by atoms with Gasteiger partial charge >= 0.3 is 17.9 Å². The minimum atomic E-state index is -1.76. The van der Waals surface area contributed by atoms with Gasteiger partial charge in [0.25, 0.3) is 11.8 Å². The monoisotopic (exact) mass is 888 g/mol. The van der Waals surface area contributed by atoms with Gasteiger partial charge in [0, 0.05) is 32.8 Å². The highest BCUT2D eigenvalue weighted by atomic mass is 16.8. The van der Waals surface area contributed by atoms with Gasteiger partial charge in [0.05, 0.1) is 24.8 Å². The van der Waals surface area contributed by atoms with Crippen molar-refractivity contribution in [2.45, 2.75) is 121 Å². The largest absolute Gasteiger partial charge is 0.497 e. The third kappa shape index (κ3) is 10.4. The number of nitrogens with zero attached hydrogens (tertiary/aromatic N) is 1. The Bertz CT molecular complexity index is 2120. The molecular formula is C46H52N2O16. The van der Waals surface area contributed by atoms with Crippen LogP contribution in [-0.2, 0) is 57.1 Å². The first-order chi connectivity index (χ1) is 30.9. The molecule has 0 bridgehead atoms. The standard InChI is InChI=1S/C46H52N2O16/c1-6-7-9-18-35(52)47-36-40(38-34(24-57-44(63-38)28-14-10-8-11-15-28)61-45(36)60-30-21-19-29(55-5)20-22-30)64-46-37(48-42(53)31-16-12-13-17-32(31)43(48)54)41(59-27(4)51)39(58-26(3)50)33(62-46)23-56-25(2)49/h8,10-17,19-22,33-34,36-41,44-46H,6-7,9,18,23-24H2,1-5H3,(H,47,52)/t33-,34-,36-,37-,38-,39-,40-,41-,44-,45-,46+/m1/s1. The molecule has 4 heterocycles. The van der Waals surface area contributed by atoms with E-state index in [9.17, 15) is 28.8 Å². The van der Waals surface area contributed by atoms with Gasteiger partial charge in [0.1, 0.15) is 54.6 Å². The number of fused-ring (bicyclic) bond motifs is 2. The predicted octanol–water partition coefficient (Wildman–Crippen LogP) is 4.18. The van der Waals surface area contributed by atoms with Crippen LogP contribution in [0.3, 0.4) is 0 Å². The van der Waals surface area contributed by atoms with Crippen LogP contribution in [0.25, 0.3) is 0 Å². The predicted molar refractivity (Wildman–Crippen MR) is 220 cm³/mol. The second-order valence-electron chi connectivity index (χ2n) is 15.7. The Morgan fingerprint density at radius 1 is 0.734 bits per heavy atom. The number of ether oxygens (including phenoxy) is 10. The Kier molecular flexibility index (Phi) is 14.9. The lowest BCUT2D eigenvalue weighted by Crippen LogP contribution is -2.72. The van der Waals surface area contributed by atoms with Gasteiger partial charge in [0.15, 0.2) is 24.8 Å². The van der Waals surface area contributed by atoms with Gasteiger partial charge in [-0.25, -0.2) is 0 Å². The number of benzene rings is 3. The third-order valence-corrected chi connectivity index (χ3v) is 11.1. The number of nitrogens with one attached hydrogen (secondary N) is 1. The number of carbonyl (C=O) groups excluding carboxylic acids is 6. The molecule has 4 aliphatic rings. The molecule has 64 heavy (non-hydrogen) atoms. The van der Waals surface area contributed by atoms with Gasteiger partial charge in [-0.2, -0.15) is 0 Å². The number of methoxy groups -OCH3 is 1. The summed E-state index contributed by atoms with van der Waals surface area (Å²) in [5, 5.41) is 3.06. The zero-order valence-corrected chi connectivity index (χ0v) is 36.1. The normalized spacial score (nSPS) is 28.6. The molecule has 3 aromatic rings. The Morgan fingerprint density at radius 2 is 1.38 bits per heavy atom. The first-order valence-corrected chi connectivity index (χ1v) is 21.2. The number of amides is 3. The molecule has 0 aliphatic carbocycles. The molecule has 7 rings (SSSR count). The van der Waals surface area contributed by atoms with Crippen LogP contribution >= 0.6 is 0 Å². The number of rotatable bonds is 16. The van der Waals surface area contributed by atoms with Crippen LogP contribution in [-0.4, -0.2) is 122 Å². The highest BCUT2D eigenvalue weighted by Crippen LogP contribution is 2.41. The first-order valence-electron chi connectivity index (χ1n) is 21.2. The van der Waals surface area contributed by atoms with Gasteiger partial charge in [-0.05, 0) is 42.8 Å². The van der Waals surface area contributed by atoms with E-state index in [0.717, 1.165) is 38.5 Å². The van der Waals surface area contributed by atoms with Crippen molar-refractivity contribution >= 4 is 35.6 Å². The van der Waals surface area contributed by atoms with E-state index in [0.29, 0.717) is 23.5 Å². The molecule has 0 unspecified atom stereocenters. The quantitative estimate of drug-likeness (QED) is 0.0926.